The van der Waals surface area contributed by atoms with Crippen LogP contribution in [0.25, 0.3) is 291 Å². The second-order valence-electron chi connectivity index (χ2n) is 27.4. The van der Waals surface area contributed by atoms with Gasteiger partial charge >= 0.3 is 5.97 Å². The lowest BCUT2D eigenvalue weighted by molar-refractivity contribution is -0.173. The van der Waals surface area contributed by atoms with E-state index in [1.54, 1.807) is 64.6 Å². The minimum absolute atomic E-state index is 0.281. The van der Waals surface area contributed by atoms with Crippen LogP contribution in [0.1, 0.15) is 27.8 Å². The summed E-state index contributed by atoms with van der Waals surface area (Å²) in [5.74, 6) is -0.849. The molecule has 2 atom stereocenters. The molecule has 0 saturated carbocycles. The van der Waals surface area contributed by atoms with E-state index in [1.165, 1.54) is 256 Å². The normalized spacial score (nSPS) is 26.0. The largest absolute Gasteiger partial charge is 0.466 e. The highest BCUT2D eigenvalue weighted by Gasteiger charge is 2.96. The van der Waals surface area contributed by atoms with Crippen molar-refractivity contribution in [1.29, 1.82) is 0 Å². The summed E-state index contributed by atoms with van der Waals surface area (Å²) in [5.41, 5.74) is 0.0352. The molecule has 2 aliphatic heterocycles. The van der Waals surface area contributed by atoms with Crippen LogP contribution in [0.4, 0.5) is 0 Å². The van der Waals surface area contributed by atoms with Crippen LogP contribution in [-0.2, 0) is 35.6 Å². The Kier molecular flexibility index (Phi) is 2.56. The number of likely N-dealkylation sites (tertiary alicyclic amines) is 1. The van der Waals surface area contributed by atoms with Crippen LogP contribution in [0.15, 0.2) is 30.3 Å². The molecule has 5 heteroatoms. The Labute approximate surface area is 419 Å². The standard InChI is InChI=1S/C72H11NO4/c1-73-67(74)71(68(75)76-2)69-63-55-47-37-27-19-11-9-10-13-17-15(11)23-31-25(17)35-29-21(13)22-14(10)18-16-12(9)20(19)28-34-24(16)32-26(18)36-30(22)40-39(29)49-43(35)53-45(31)51(41(47)33(23)27)57(63)59(53)65-61(49)62-50(40)44(36)54-46(32)52-42(34)48(38(28)37)56(55)64(69)58(52)60(54)66(62)70(65,69)72(73,77-71)8-6-4-3-5-7-8/h3-7H,1-2H3. The number of esters is 1. The second kappa shape index (κ2) is 6.65. The molecule has 6 aliphatic rings. The number of piperidine rings is 1. The number of carbonyl (C=O) groups excluding carboxylic acids is 2. The number of amides is 1. The molecule has 5 nitrogen and oxygen atoms in total. The maximum absolute atomic E-state index is 17.1. The molecule has 2 spiro atoms. The van der Waals surface area contributed by atoms with Crippen molar-refractivity contribution in [2.45, 2.75) is 22.2 Å². The SMILES string of the molecule is COC(=O)C12OC(c3ccccc3)(N(C)C1=O)C13c4c5c6c7c8c9c(c%10c%11c1c1c4c4c%12c5c5c6c6c8c8c%13c9c9c%10c%10c%11c%11c1c1c4c4c%12c%12c5c5c6c8c6c8c%13c9c9c%10c%10c%11c1c1c4c4c%12c5c6c5c8c9c%10c1c45)C723. The van der Waals surface area contributed by atoms with Crippen LogP contribution in [0, 0.1) is 0 Å². The molecule has 4 aliphatic carbocycles. The molecule has 2 heterocycles. The first kappa shape index (κ1) is 29.6. The minimum Gasteiger partial charge on any atom is -0.466 e. The van der Waals surface area contributed by atoms with Gasteiger partial charge in [-0.25, -0.2) is 4.79 Å². The van der Waals surface area contributed by atoms with Crippen LogP contribution in [0.5, 0.6) is 0 Å². The number of benzene rings is 19. The van der Waals surface area contributed by atoms with Crippen molar-refractivity contribution in [3.8, 4) is 0 Å². The smallest absolute Gasteiger partial charge is 0.349 e. The highest BCUT2D eigenvalue weighted by atomic mass is 16.6. The van der Waals surface area contributed by atoms with Gasteiger partial charge in [-0.15, -0.1) is 0 Å². The van der Waals surface area contributed by atoms with E-state index in [4.69, 9.17) is 9.47 Å². The van der Waals surface area contributed by atoms with Crippen molar-refractivity contribution < 1.29 is 19.1 Å². The number of carbonyl (C=O) groups is 2. The molecule has 0 radical (unpaired) electrons. The number of rotatable bonds is 2. The summed E-state index contributed by atoms with van der Waals surface area (Å²) in [6.45, 7) is 0. The molecule has 2 unspecified atom stereocenters. The maximum atomic E-state index is 17.1. The molecule has 77 heavy (non-hydrogen) atoms. The molecular weight excluding hydrogens is 943 g/mol. The third kappa shape index (κ3) is 1.53. The quantitative estimate of drug-likeness (QED) is 0.0984. The third-order valence-electron chi connectivity index (χ3n) is 27.4. The molecule has 0 N–H and O–H groups in total. The summed E-state index contributed by atoms with van der Waals surface area (Å²) < 4.78 is 14.8. The highest BCUT2D eigenvalue weighted by molar-refractivity contribution is 6.82. The van der Waals surface area contributed by atoms with E-state index in [0.29, 0.717) is 0 Å². The topological polar surface area (TPSA) is 55.8 Å². The van der Waals surface area contributed by atoms with Crippen molar-refractivity contribution in [3.05, 3.63) is 58.1 Å². The van der Waals surface area contributed by atoms with E-state index in [2.05, 4.69) is 30.3 Å². The van der Waals surface area contributed by atoms with Crippen LogP contribution < -0.4 is 0 Å². The van der Waals surface area contributed by atoms with Gasteiger partial charge in [0.2, 0.25) is 0 Å². The Balaban J connectivity index is 1.14. The van der Waals surface area contributed by atoms with Gasteiger partial charge < -0.3 is 14.4 Å². The van der Waals surface area contributed by atoms with Crippen molar-refractivity contribution in [2.24, 2.45) is 0 Å². The predicted octanol–water partition coefficient (Wildman–Crippen LogP) is 16.6. The number of hydrogen-bond acceptors (Lipinski definition) is 4. The van der Waals surface area contributed by atoms with E-state index in [-0.39, 0.29) is 5.91 Å². The fraction of sp³-hybridized carbons (Fsp3) is 0.0833. The summed E-state index contributed by atoms with van der Waals surface area (Å²) in [6.07, 6.45) is 0. The summed E-state index contributed by atoms with van der Waals surface area (Å²) in [6, 6.07) is 10.8. The Bertz CT molecular complexity index is 7640. The lowest BCUT2D eigenvalue weighted by Gasteiger charge is -2.60. The molecule has 2 fully saturated rings. The zero-order chi connectivity index (χ0) is 46.7. The van der Waals surface area contributed by atoms with Crippen molar-refractivity contribution in [2.75, 3.05) is 14.2 Å². The van der Waals surface area contributed by atoms with E-state index in [1.807, 2.05) is 11.9 Å². The molecule has 1 amide bonds. The number of methoxy groups -OCH3 is 1. The van der Waals surface area contributed by atoms with Crippen molar-refractivity contribution >= 4 is 303 Å². The maximum Gasteiger partial charge on any atom is 0.349 e. The van der Waals surface area contributed by atoms with Crippen LogP contribution in [-0.4, -0.2) is 36.5 Å². The van der Waals surface area contributed by atoms with E-state index >= 15 is 9.59 Å². The molecule has 35 rings (SSSR count). The van der Waals surface area contributed by atoms with Crippen LogP contribution >= 0.6 is 0 Å². The average Bonchev–Trinajstić information content (AvgIpc) is 1.62. The number of likely N-dealkylation sites (N-methyl/N-ethyl adjacent to an activating group) is 1. The van der Waals surface area contributed by atoms with Crippen molar-refractivity contribution in [1.82, 2.24) is 4.90 Å². The van der Waals surface area contributed by atoms with E-state index < -0.39 is 28.1 Å². The first-order valence-electron chi connectivity index (χ1n) is 28.0. The summed E-state index contributed by atoms with van der Waals surface area (Å²) >= 11 is 0. The fourth-order valence-corrected chi connectivity index (χ4v) is 27.3. The van der Waals surface area contributed by atoms with Gasteiger partial charge in [-0.05, 0) is 313 Å². The molecule has 328 valence electrons. The lowest BCUT2D eigenvalue weighted by Crippen LogP contribution is -2.75. The van der Waals surface area contributed by atoms with Gasteiger partial charge in [-0.1, -0.05) is 30.3 Å². The summed E-state index contributed by atoms with van der Waals surface area (Å²) in [5, 5.41) is 79.6. The molecule has 2 saturated heterocycles. The third-order valence-corrected chi connectivity index (χ3v) is 27.4. The summed E-state index contributed by atoms with van der Waals surface area (Å²) in [7, 11) is 3.50. The van der Waals surface area contributed by atoms with Gasteiger partial charge in [0.1, 0.15) is 0 Å². The van der Waals surface area contributed by atoms with Gasteiger partial charge in [0.15, 0.2) is 5.72 Å². The van der Waals surface area contributed by atoms with Gasteiger partial charge in [-0.2, -0.15) is 0 Å². The molecule has 29 aromatic rings. The van der Waals surface area contributed by atoms with E-state index in [9.17, 15) is 0 Å². The van der Waals surface area contributed by atoms with Crippen LogP contribution in [0.3, 0.4) is 0 Å². The Morgan fingerprint density at radius 3 is 0.766 bits per heavy atom. The fourth-order valence-electron chi connectivity index (χ4n) is 27.3. The molecular formula is C72H11NO4. The second-order valence-corrected chi connectivity index (χ2v) is 27.4. The Morgan fingerprint density at radius 2 is 0.545 bits per heavy atom. The lowest BCUT2D eigenvalue weighted by atomic mass is 9.40. The Morgan fingerprint density at radius 1 is 0.338 bits per heavy atom. The molecule has 29 aromatic carbocycles. The summed E-state index contributed by atoms with van der Waals surface area (Å²) in [4.78, 5) is 35.7. The monoisotopic (exact) mass is 953 g/mol. The van der Waals surface area contributed by atoms with Gasteiger partial charge in [-0.3, -0.25) is 4.79 Å². The first-order valence-corrected chi connectivity index (χ1v) is 28.0. The number of hydrogen-bond donors (Lipinski definition) is 0. The minimum atomic E-state index is -2.07. The average molecular weight is 954 g/mol. The number of nitrogens with zero attached hydrogens (tertiary/aromatic N) is 1. The van der Waals surface area contributed by atoms with Crippen LogP contribution in [0.2, 0.25) is 0 Å². The number of ether oxygens (including phenoxy) is 2. The van der Waals surface area contributed by atoms with Gasteiger partial charge in [0.05, 0.1) is 17.9 Å². The zero-order valence-electron chi connectivity index (χ0n) is 39.5. The Hall–Kier alpha value is -9.42. The van der Waals surface area contributed by atoms with Crippen molar-refractivity contribution in [3.63, 3.8) is 0 Å². The first-order chi connectivity index (χ1) is 38.1. The predicted molar refractivity (Wildman–Crippen MR) is 311 cm³/mol. The van der Waals surface area contributed by atoms with E-state index in [0.717, 1.165) is 5.56 Å². The van der Waals surface area contributed by atoms with Gasteiger partial charge in [0.25, 0.3) is 11.5 Å². The molecule has 2 bridgehead atoms. The number of fused-ring (bicyclic) bond motifs is 2. The zero-order valence-corrected chi connectivity index (χ0v) is 39.5. The highest BCUT2D eigenvalue weighted by Crippen LogP contribution is 2.91. The van der Waals surface area contributed by atoms with Gasteiger partial charge in [0, 0.05) is 12.6 Å². The molecule has 0 aromatic heterocycles.